The third kappa shape index (κ3) is 7.46. The fourth-order valence-electron chi connectivity index (χ4n) is 4.21. The number of likely N-dealkylation sites (tertiary alicyclic amines) is 1. The van der Waals surface area contributed by atoms with E-state index in [-0.39, 0.29) is 41.8 Å². The highest BCUT2D eigenvalue weighted by Crippen LogP contribution is 2.14. The summed E-state index contributed by atoms with van der Waals surface area (Å²) in [7, 11) is 3.37. The molecule has 1 atom stereocenters. The maximum atomic E-state index is 12.7. The molecule has 1 aromatic rings. The molecule has 2 aliphatic rings. The summed E-state index contributed by atoms with van der Waals surface area (Å²) in [6, 6.07) is 6.96. The SMILES string of the molecule is CN=C(NCCNC(=O)c1ccc(OC)cc1)N1CCN(C(C)C(=O)N2CCCC2)CC1.I. The highest BCUT2D eigenvalue weighted by molar-refractivity contribution is 14.0. The number of piperazine rings is 1. The number of aliphatic imine (C=N–C) groups is 1. The van der Waals surface area contributed by atoms with Crippen LogP contribution in [-0.4, -0.2) is 105 Å². The summed E-state index contributed by atoms with van der Waals surface area (Å²) in [6.45, 7) is 8.18. The quantitative estimate of drug-likeness (QED) is 0.221. The van der Waals surface area contributed by atoms with Gasteiger partial charge in [0.15, 0.2) is 5.96 Å². The summed E-state index contributed by atoms with van der Waals surface area (Å²) < 4.78 is 5.12. The van der Waals surface area contributed by atoms with Crippen molar-refractivity contribution in [3.05, 3.63) is 29.8 Å². The van der Waals surface area contributed by atoms with Crippen molar-refractivity contribution >= 4 is 41.8 Å². The first-order valence-electron chi connectivity index (χ1n) is 11.4. The summed E-state index contributed by atoms with van der Waals surface area (Å²) in [5.74, 6) is 1.68. The van der Waals surface area contributed by atoms with E-state index >= 15 is 0 Å². The Kier molecular flexibility index (Phi) is 11.2. The third-order valence-electron chi connectivity index (χ3n) is 6.19. The van der Waals surface area contributed by atoms with E-state index in [1.54, 1.807) is 38.4 Å². The van der Waals surface area contributed by atoms with E-state index in [1.807, 2.05) is 11.8 Å². The standard InChI is InChI=1S/C23H36N6O3.HI/c1-18(22(31)28-12-4-5-13-28)27-14-16-29(17-15-27)23(24-2)26-11-10-25-21(30)19-6-8-20(32-3)9-7-19;/h6-9,18H,4-5,10-17H2,1-3H3,(H,24,26)(H,25,30);1H. The van der Waals surface area contributed by atoms with Crippen molar-refractivity contribution in [3.63, 3.8) is 0 Å². The van der Waals surface area contributed by atoms with Gasteiger partial charge in [-0.25, -0.2) is 0 Å². The number of hydrogen-bond donors (Lipinski definition) is 2. The highest BCUT2D eigenvalue weighted by atomic mass is 127. The average Bonchev–Trinajstić information content (AvgIpc) is 3.38. The maximum Gasteiger partial charge on any atom is 0.251 e. The lowest BCUT2D eigenvalue weighted by molar-refractivity contribution is -0.135. The van der Waals surface area contributed by atoms with Gasteiger partial charge in [-0.15, -0.1) is 24.0 Å². The summed E-state index contributed by atoms with van der Waals surface area (Å²) in [5, 5.41) is 6.24. The Balaban J connectivity index is 0.00000385. The van der Waals surface area contributed by atoms with Crippen LogP contribution in [0, 0.1) is 0 Å². The molecule has 2 aliphatic heterocycles. The Morgan fingerprint density at radius 1 is 0.970 bits per heavy atom. The van der Waals surface area contributed by atoms with E-state index in [2.05, 4.69) is 25.4 Å². The van der Waals surface area contributed by atoms with E-state index in [0.717, 1.165) is 63.8 Å². The summed E-state index contributed by atoms with van der Waals surface area (Å²) in [4.78, 5) is 35.8. The minimum atomic E-state index is -0.116. The van der Waals surface area contributed by atoms with Gasteiger partial charge in [-0.2, -0.15) is 0 Å². The molecule has 2 N–H and O–H groups in total. The van der Waals surface area contributed by atoms with Gasteiger partial charge in [0.25, 0.3) is 5.91 Å². The number of carbonyl (C=O) groups excluding carboxylic acids is 2. The Bertz CT molecular complexity index is 790. The molecule has 2 fully saturated rings. The smallest absolute Gasteiger partial charge is 0.251 e. The fraction of sp³-hybridized carbons (Fsp3) is 0.609. The number of amides is 2. The Morgan fingerprint density at radius 2 is 1.58 bits per heavy atom. The minimum Gasteiger partial charge on any atom is -0.497 e. The van der Waals surface area contributed by atoms with Gasteiger partial charge in [0, 0.05) is 65.0 Å². The highest BCUT2D eigenvalue weighted by Gasteiger charge is 2.30. The van der Waals surface area contributed by atoms with Crippen molar-refractivity contribution in [1.29, 1.82) is 0 Å². The van der Waals surface area contributed by atoms with E-state index in [4.69, 9.17) is 4.74 Å². The van der Waals surface area contributed by atoms with Crippen LogP contribution in [0.1, 0.15) is 30.1 Å². The zero-order valence-corrected chi connectivity index (χ0v) is 22.2. The van der Waals surface area contributed by atoms with E-state index in [1.165, 1.54) is 0 Å². The number of carbonyl (C=O) groups is 2. The first-order valence-corrected chi connectivity index (χ1v) is 11.4. The third-order valence-corrected chi connectivity index (χ3v) is 6.19. The lowest BCUT2D eigenvalue weighted by Crippen LogP contribution is -2.57. The predicted octanol–water partition coefficient (Wildman–Crippen LogP) is 1.25. The second kappa shape index (κ2) is 13.6. The van der Waals surface area contributed by atoms with Crippen LogP contribution < -0.4 is 15.4 Å². The topological polar surface area (TPSA) is 89.5 Å². The summed E-state index contributed by atoms with van der Waals surface area (Å²) in [5.41, 5.74) is 0.601. The van der Waals surface area contributed by atoms with Crippen LogP contribution in [0.4, 0.5) is 0 Å². The van der Waals surface area contributed by atoms with Crippen LogP contribution in [0.15, 0.2) is 29.3 Å². The van der Waals surface area contributed by atoms with Crippen LogP contribution in [-0.2, 0) is 4.79 Å². The largest absolute Gasteiger partial charge is 0.497 e. The van der Waals surface area contributed by atoms with Crippen molar-refractivity contribution in [3.8, 4) is 5.75 Å². The Hall–Kier alpha value is -2.08. The van der Waals surface area contributed by atoms with E-state index in [9.17, 15) is 9.59 Å². The van der Waals surface area contributed by atoms with Crippen molar-refractivity contribution in [1.82, 2.24) is 25.3 Å². The molecule has 0 radical (unpaired) electrons. The number of nitrogens with one attached hydrogen (secondary N) is 2. The number of nitrogens with zero attached hydrogens (tertiary/aromatic N) is 4. The molecular weight excluding hydrogens is 535 g/mol. The van der Waals surface area contributed by atoms with Crippen molar-refractivity contribution in [2.24, 2.45) is 4.99 Å². The minimum absolute atomic E-state index is 0. The zero-order valence-electron chi connectivity index (χ0n) is 19.9. The van der Waals surface area contributed by atoms with Gasteiger partial charge in [0.1, 0.15) is 5.75 Å². The number of hydrogen-bond acceptors (Lipinski definition) is 5. The van der Waals surface area contributed by atoms with Gasteiger partial charge >= 0.3 is 0 Å². The van der Waals surface area contributed by atoms with Gasteiger partial charge < -0.3 is 25.2 Å². The average molecular weight is 572 g/mol. The molecule has 2 heterocycles. The second-order valence-electron chi connectivity index (χ2n) is 8.19. The number of guanidine groups is 1. The van der Waals surface area contributed by atoms with Gasteiger partial charge in [0.2, 0.25) is 5.91 Å². The van der Waals surface area contributed by atoms with E-state index < -0.39 is 0 Å². The number of halogens is 1. The molecule has 0 bridgehead atoms. The number of rotatable bonds is 7. The molecule has 0 aromatic heterocycles. The second-order valence-corrected chi connectivity index (χ2v) is 8.19. The van der Waals surface area contributed by atoms with Crippen LogP contribution in [0.5, 0.6) is 5.75 Å². The van der Waals surface area contributed by atoms with Crippen molar-refractivity contribution in [2.75, 3.05) is 66.5 Å². The molecule has 9 nitrogen and oxygen atoms in total. The fourth-order valence-corrected chi connectivity index (χ4v) is 4.21. The molecule has 0 saturated carbocycles. The molecule has 0 spiro atoms. The lowest BCUT2D eigenvalue weighted by Gasteiger charge is -2.39. The first kappa shape index (κ1) is 27.2. The van der Waals surface area contributed by atoms with Gasteiger partial charge in [-0.05, 0) is 44.0 Å². The number of methoxy groups -OCH3 is 1. The molecule has 0 aliphatic carbocycles. The maximum absolute atomic E-state index is 12.7. The molecule has 1 unspecified atom stereocenters. The Morgan fingerprint density at radius 3 is 2.15 bits per heavy atom. The molecule has 3 rings (SSSR count). The molecule has 2 saturated heterocycles. The monoisotopic (exact) mass is 572 g/mol. The number of benzene rings is 1. The van der Waals surface area contributed by atoms with Crippen LogP contribution in [0.3, 0.4) is 0 Å². The first-order chi connectivity index (χ1) is 15.5. The number of ether oxygens (including phenoxy) is 1. The van der Waals surface area contributed by atoms with E-state index in [0.29, 0.717) is 18.7 Å². The predicted molar refractivity (Wildman–Crippen MR) is 141 cm³/mol. The molecule has 2 amide bonds. The van der Waals surface area contributed by atoms with Crippen molar-refractivity contribution < 1.29 is 14.3 Å². The van der Waals surface area contributed by atoms with Gasteiger partial charge in [0.05, 0.1) is 13.2 Å². The van der Waals surface area contributed by atoms with Crippen molar-refractivity contribution in [2.45, 2.75) is 25.8 Å². The molecule has 184 valence electrons. The van der Waals surface area contributed by atoms with Crippen LogP contribution in [0.25, 0.3) is 0 Å². The normalized spacial score (nSPS) is 17.8. The Labute approximate surface area is 213 Å². The lowest BCUT2D eigenvalue weighted by atomic mass is 10.2. The van der Waals surface area contributed by atoms with Crippen LogP contribution in [0.2, 0.25) is 0 Å². The zero-order chi connectivity index (χ0) is 22.9. The van der Waals surface area contributed by atoms with Crippen LogP contribution >= 0.6 is 24.0 Å². The molecule has 10 heteroatoms. The summed E-state index contributed by atoms with van der Waals surface area (Å²) in [6.07, 6.45) is 2.24. The van der Waals surface area contributed by atoms with Gasteiger partial charge in [-0.3, -0.25) is 19.5 Å². The molecule has 33 heavy (non-hydrogen) atoms. The van der Waals surface area contributed by atoms with Gasteiger partial charge in [-0.1, -0.05) is 0 Å². The molecular formula is C23H37IN6O3. The summed E-state index contributed by atoms with van der Waals surface area (Å²) >= 11 is 0. The molecule has 1 aromatic carbocycles.